The van der Waals surface area contributed by atoms with Crippen LogP contribution in [0, 0.1) is 0 Å². The van der Waals surface area contributed by atoms with Crippen LogP contribution in [0.3, 0.4) is 0 Å². The van der Waals surface area contributed by atoms with Crippen molar-refractivity contribution in [1.82, 2.24) is 14.9 Å². The van der Waals surface area contributed by atoms with Gasteiger partial charge in [-0.1, -0.05) is 12.2 Å². The number of hydrogen-bond donors (Lipinski definition) is 0. The van der Waals surface area contributed by atoms with Crippen LogP contribution in [0.2, 0.25) is 0 Å². The van der Waals surface area contributed by atoms with Gasteiger partial charge in [0.1, 0.15) is 6.04 Å². The normalized spacial score (nSPS) is 23.5. The van der Waals surface area contributed by atoms with Crippen LogP contribution in [0.15, 0.2) is 40.7 Å². The molecule has 2 bridgehead atoms. The van der Waals surface area contributed by atoms with Crippen molar-refractivity contribution in [1.29, 1.82) is 0 Å². The number of hydroxylamine groups is 2. The van der Waals surface area contributed by atoms with Crippen molar-refractivity contribution in [2.75, 3.05) is 19.7 Å². The van der Waals surface area contributed by atoms with Crippen LogP contribution in [-0.2, 0) is 9.49 Å². The molecule has 0 saturated carbocycles. The van der Waals surface area contributed by atoms with E-state index in [4.69, 9.17) is 13.9 Å². The first-order chi connectivity index (χ1) is 11.3. The quantitative estimate of drug-likeness (QED) is 0.312. The number of aromatic nitrogens is 1. The summed E-state index contributed by atoms with van der Waals surface area (Å²) in [5.74, 6) is 0.622. The van der Waals surface area contributed by atoms with E-state index in [0.29, 0.717) is 18.8 Å². The molecule has 3 rings (SSSR count). The molecule has 2 aliphatic heterocycles. The Morgan fingerprint density at radius 1 is 1.61 bits per heavy atom. The van der Waals surface area contributed by atoms with Crippen LogP contribution in [0.1, 0.15) is 5.76 Å². The lowest BCUT2D eigenvalue weighted by Gasteiger charge is -2.27. The fourth-order valence-corrected chi connectivity index (χ4v) is 2.77. The molecule has 0 spiro atoms. The zero-order valence-corrected chi connectivity index (χ0v) is 12.8. The molecule has 120 valence electrons. The van der Waals surface area contributed by atoms with Crippen molar-refractivity contribution in [3.05, 3.63) is 37.1 Å². The molecule has 23 heavy (non-hydrogen) atoms. The van der Waals surface area contributed by atoms with E-state index in [0.717, 1.165) is 5.57 Å². The Bertz CT molecular complexity index is 631. The van der Waals surface area contributed by atoms with Crippen molar-refractivity contribution in [3.8, 4) is 0 Å². The number of amides is 2. The molecule has 0 aromatic carbocycles. The van der Waals surface area contributed by atoms with E-state index >= 15 is 0 Å². The van der Waals surface area contributed by atoms with Crippen molar-refractivity contribution in [2.24, 2.45) is 4.99 Å². The van der Waals surface area contributed by atoms with Crippen molar-refractivity contribution < 1.29 is 18.7 Å². The topological polar surface area (TPSA) is 80.4 Å². The predicted octanol–water partition coefficient (Wildman–Crippen LogP) is 0.257. The van der Waals surface area contributed by atoms with Gasteiger partial charge in [0.05, 0.1) is 31.9 Å². The number of aliphatic imine (C=N–C) groups is 1. The number of fused-ring (bicyclic) bond motifs is 2. The summed E-state index contributed by atoms with van der Waals surface area (Å²) in [4.78, 5) is 28.0. The Morgan fingerprint density at radius 3 is 3.17 bits per heavy atom. The summed E-state index contributed by atoms with van der Waals surface area (Å²) < 4.78 is 10.2. The van der Waals surface area contributed by atoms with Crippen molar-refractivity contribution in [3.63, 3.8) is 0 Å². The van der Waals surface area contributed by atoms with Gasteiger partial charge in [-0.25, -0.2) is 9.78 Å². The second kappa shape index (κ2) is 6.70. The van der Waals surface area contributed by atoms with Crippen LogP contribution in [0.25, 0.3) is 5.57 Å². The van der Waals surface area contributed by atoms with Crippen molar-refractivity contribution in [2.45, 2.75) is 12.1 Å². The molecule has 0 unspecified atom stereocenters. The molecule has 1 aromatic heterocycles. The molecule has 1 fully saturated rings. The highest BCUT2D eigenvalue weighted by Gasteiger charge is 2.47. The number of hydrogen-bond acceptors (Lipinski definition) is 6. The maximum absolute atomic E-state index is 12.6. The van der Waals surface area contributed by atoms with Gasteiger partial charge in [-0.2, -0.15) is 5.06 Å². The zero-order valence-electron chi connectivity index (χ0n) is 12.8. The van der Waals surface area contributed by atoms with Gasteiger partial charge in [-0.05, 0) is 0 Å². The van der Waals surface area contributed by atoms with Gasteiger partial charge in [0.15, 0.2) is 18.6 Å². The molecule has 0 aliphatic carbocycles. The van der Waals surface area contributed by atoms with E-state index in [-0.39, 0.29) is 24.7 Å². The lowest BCUT2D eigenvalue weighted by molar-refractivity contribution is -0.106. The number of rotatable bonds is 7. The Hall–Kier alpha value is -2.55. The molecule has 0 N–H and O–H groups in total. The number of carbonyl (C=O) groups excluding carboxylic acids is 1. The molecule has 8 nitrogen and oxygen atoms in total. The first-order valence-electron chi connectivity index (χ1n) is 7.21. The Balaban J connectivity index is 1.90. The lowest BCUT2D eigenvalue weighted by atomic mass is 9.98. The van der Waals surface area contributed by atoms with E-state index in [9.17, 15) is 4.79 Å². The average Bonchev–Trinajstić information content (AvgIpc) is 3.17. The zero-order chi connectivity index (χ0) is 16.2. The monoisotopic (exact) mass is 316 g/mol. The first-order valence-corrected chi connectivity index (χ1v) is 7.21. The smallest absolute Gasteiger partial charge is 0.345 e. The lowest BCUT2D eigenvalue weighted by Crippen LogP contribution is -2.40. The Morgan fingerprint density at radius 2 is 2.48 bits per heavy atom. The number of oxazole rings is 1. The van der Waals surface area contributed by atoms with E-state index in [1.807, 2.05) is 6.08 Å². The number of nitrogens with zero attached hydrogens (tertiary/aromatic N) is 4. The van der Waals surface area contributed by atoms with E-state index in [1.54, 1.807) is 17.2 Å². The van der Waals surface area contributed by atoms with E-state index < -0.39 is 0 Å². The van der Waals surface area contributed by atoms with Crippen LogP contribution in [0.4, 0.5) is 4.79 Å². The minimum Gasteiger partial charge on any atom is -0.560 e. The first kappa shape index (κ1) is 15.4. The average molecular weight is 316 g/mol. The molecule has 0 radical (unpaired) electrons. The van der Waals surface area contributed by atoms with Gasteiger partial charge < -0.3 is 14.0 Å². The summed E-state index contributed by atoms with van der Waals surface area (Å²) >= 11 is 0. The fourth-order valence-electron chi connectivity index (χ4n) is 2.77. The van der Waals surface area contributed by atoms with Gasteiger partial charge in [0, 0.05) is 5.57 Å². The van der Waals surface area contributed by atoms with Crippen LogP contribution >= 0.6 is 0 Å². The molecular formula is C14H17BN4O4. The minimum atomic E-state index is -0.238. The molecule has 1 saturated heterocycles. The summed E-state index contributed by atoms with van der Waals surface area (Å²) in [6.07, 6.45) is 7.93. The molecule has 3 heterocycles. The summed E-state index contributed by atoms with van der Waals surface area (Å²) in [6, 6.07) is -0.624. The van der Waals surface area contributed by atoms with Gasteiger partial charge in [0.25, 0.3) is 0 Å². The highest BCUT2D eigenvalue weighted by atomic mass is 16.7. The third-order valence-electron chi connectivity index (χ3n) is 3.74. The highest BCUT2D eigenvalue weighted by molar-refractivity contribution is 6.02. The molecule has 9 heteroatoms. The van der Waals surface area contributed by atoms with Gasteiger partial charge in [0.2, 0.25) is 0 Å². The standard InChI is InChI=1S/C14H17BN4O4/c1-2-3-23-19-12-7-18(14(19)20)10(5-16-9-22-15)4-11(12)13-6-17-8-21-13/h2,4,6,8-10,12H,1,3,5,7,15H2/t10-,12-/m0/s1. The molecule has 2 amide bonds. The largest absolute Gasteiger partial charge is 0.560 e. The van der Waals surface area contributed by atoms with Crippen LogP contribution < -0.4 is 0 Å². The SMILES string of the molecule is BOC=NC[C@@H]1C=C(c2cnco2)[C@@H]2CN1C(=O)N2OCC=C. The van der Waals surface area contributed by atoms with Gasteiger partial charge in [-0.15, -0.1) is 6.58 Å². The maximum Gasteiger partial charge on any atom is 0.345 e. The molecule has 2 atom stereocenters. The summed E-state index contributed by atoms with van der Waals surface area (Å²) in [5, 5.41) is 1.37. The minimum absolute atomic E-state index is 0.192. The fraction of sp³-hybridized carbons (Fsp3) is 0.357. The highest BCUT2D eigenvalue weighted by Crippen LogP contribution is 2.35. The maximum atomic E-state index is 12.6. The van der Waals surface area contributed by atoms with Crippen molar-refractivity contribution >= 4 is 26.1 Å². The second-order valence-electron chi connectivity index (χ2n) is 5.12. The molecule has 2 aliphatic rings. The molecule has 1 aromatic rings. The summed E-state index contributed by atoms with van der Waals surface area (Å²) in [5.41, 5.74) is 0.867. The number of urea groups is 1. The Labute approximate surface area is 134 Å². The van der Waals surface area contributed by atoms with Gasteiger partial charge in [-0.3, -0.25) is 9.83 Å². The Kier molecular flexibility index (Phi) is 4.47. The summed E-state index contributed by atoms with van der Waals surface area (Å²) in [7, 11) is 1.53. The third-order valence-corrected chi connectivity index (χ3v) is 3.74. The predicted molar refractivity (Wildman–Crippen MR) is 85.1 cm³/mol. The van der Waals surface area contributed by atoms with Crippen LogP contribution in [-0.4, -0.2) is 67.2 Å². The van der Waals surface area contributed by atoms with E-state index in [2.05, 4.69) is 16.6 Å². The second-order valence-corrected chi connectivity index (χ2v) is 5.12. The van der Waals surface area contributed by atoms with Gasteiger partial charge >= 0.3 is 14.1 Å². The summed E-state index contributed by atoms with van der Waals surface area (Å²) in [6.45, 7) is 4.78. The molecular weight excluding hydrogens is 299 g/mol. The van der Waals surface area contributed by atoms with E-state index in [1.165, 1.54) is 25.9 Å². The third kappa shape index (κ3) is 2.87. The van der Waals surface area contributed by atoms with Crippen LogP contribution in [0.5, 0.6) is 0 Å². The number of carbonyl (C=O) groups is 1.